The van der Waals surface area contributed by atoms with Crippen LogP contribution in [0.3, 0.4) is 0 Å². The van der Waals surface area contributed by atoms with Gasteiger partial charge < -0.3 is 10.2 Å². The van der Waals surface area contributed by atoms with Crippen LogP contribution in [0, 0.1) is 0 Å². The number of nitrogens with zero attached hydrogens (tertiary/aromatic N) is 3. The first-order valence-corrected chi connectivity index (χ1v) is 9.47. The Labute approximate surface area is 170 Å². The third-order valence-electron chi connectivity index (χ3n) is 4.25. The second-order valence-corrected chi connectivity index (χ2v) is 7.14. The molecule has 0 fully saturated rings. The highest BCUT2D eigenvalue weighted by Gasteiger charge is 2.14. The predicted molar refractivity (Wildman–Crippen MR) is 111 cm³/mol. The Hall–Kier alpha value is -3.00. The number of carbonyl (C=O) groups excluding carboxylic acids is 2. The van der Waals surface area contributed by atoms with Crippen molar-refractivity contribution in [3.63, 3.8) is 0 Å². The minimum atomic E-state index is -0.299. The Balaban J connectivity index is 1.57. The number of halogens is 1. The molecule has 3 aromatic rings. The summed E-state index contributed by atoms with van der Waals surface area (Å²) >= 11 is 3.36. The summed E-state index contributed by atoms with van der Waals surface area (Å²) in [6.07, 6.45) is 1.54. The van der Waals surface area contributed by atoms with E-state index in [4.69, 9.17) is 0 Å². The number of benzene rings is 2. The fourth-order valence-electron chi connectivity index (χ4n) is 2.73. The van der Waals surface area contributed by atoms with Crippen LogP contribution in [0.25, 0.3) is 10.9 Å². The van der Waals surface area contributed by atoms with E-state index in [0.717, 1.165) is 4.47 Å². The standard InChI is InChI=1S/C20H19BrN4O3/c1-24(12-18(26)23-17-9-5-3-7-15(17)21)19(27)10-11-25-13-22-16-8-4-2-6-14(16)20(25)28/h2-9,13H,10-12H2,1H3,(H,23,26). The van der Waals surface area contributed by atoms with E-state index in [1.807, 2.05) is 24.3 Å². The van der Waals surface area contributed by atoms with Gasteiger partial charge in [0, 0.05) is 24.5 Å². The highest BCUT2D eigenvalue weighted by molar-refractivity contribution is 9.10. The summed E-state index contributed by atoms with van der Waals surface area (Å²) in [5, 5.41) is 3.27. The number of para-hydroxylation sites is 2. The molecular formula is C20H19BrN4O3. The van der Waals surface area contributed by atoms with E-state index in [1.54, 1.807) is 31.3 Å². The smallest absolute Gasteiger partial charge is 0.261 e. The van der Waals surface area contributed by atoms with Crippen molar-refractivity contribution in [1.82, 2.24) is 14.5 Å². The first-order chi connectivity index (χ1) is 13.5. The van der Waals surface area contributed by atoms with Crippen molar-refractivity contribution in [3.8, 4) is 0 Å². The SMILES string of the molecule is CN(CC(=O)Nc1ccccc1Br)C(=O)CCn1cnc2ccccc2c1=O. The third kappa shape index (κ3) is 4.64. The zero-order valence-corrected chi connectivity index (χ0v) is 16.8. The number of anilines is 1. The minimum Gasteiger partial charge on any atom is -0.336 e. The Morgan fingerprint density at radius 3 is 2.64 bits per heavy atom. The molecule has 0 atom stereocenters. The van der Waals surface area contributed by atoms with Crippen LogP contribution in [0.5, 0.6) is 0 Å². The van der Waals surface area contributed by atoms with E-state index in [0.29, 0.717) is 16.6 Å². The van der Waals surface area contributed by atoms with Gasteiger partial charge in [0.15, 0.2) is 0 Å². The second kappa shape index (κ2) is 8.79. The molecule has 7 nitrogen and oxygen atoms in total. The van der Waals surface area contributed by atoms with Gasteiger partial charge in [0.2, 0.25) is 11.8 Å². The quantitative estimate of drug-likeness (QED) is 0.635. The fourth-order valence-corrected chi connectivity index (χ4v) is 3.11. The van der Waals surface area contributed by atoms with E-state index in [9.17, 15) is 14.4 Å². The van der Waals surface area contributed by atoms with Gasteiger partial charge in [0.25, 0.3) is 5.56 Å². The Morgan fingerprint density at radius 1 is 1.14 bits per heavy atom. The number of hydrogen-bond acceptors (Lipinski definition) is 4. The Morgan fingerprint density at radius 2 is 1.86 bits per heavy atom. The van der Waals surface area contributed by atoms with Crippen LogP contribution in [0.1, 0.15) is 6.42 Å². The number of nitrogens with one attached hydrogen (secondary N) is 1. The van der Waals surface area contributed by atoms with Crippen LogP contribution >= 0.6 is 15.9 Å². The highest BCUT2D eigenvalue weighted by Crippen LogP contribution is 2.20. The summed E-state index contributed by atoms with van der Waals surface area (Å²) in [6.45, 7) is 0.122. The molecule has 1 aromatic heterocycles. The maximum absolute atomic E-state index is 12.5. The third-order valence-corrected chi connectivity index (χ3v) is 4.94. The largest absolute Gasteiger partial charge is 0.336 e. The number of amides is 2. The average Bonchev–Trinajstić information content (AvgIpc) is 2.69. The lowest BCUT2D eigenvalue weighted by atomic mass is 10.2. The molecule has 0 saturated heterocycles. The van der Waals surface area contributed by atoms with Crippen molar-refractivity contribution in [2.75, 3.05) is 18.9 Å². The summed E-state index contributed by atoms with van der Waals surface area (Å²) in [5.41, 5.74) is 1.07. The van der Waals surface area contributed by atoms with Gasteiger partial charge in [-0.15, -0.1) is 0 Å². The minimum absolute atomic E-state index is 0.0783. The summed E-state index contributed by atoms with van der Waals surface area (Å²) in [5.74, 6) is -0.533. The van der Waals surface area contributed by atoms with E-state index in [-0.39, 0.29) is 36.9 Å². The normalized spacial score (nSPS) is 10.6. The lowest BCUT2D eigenvalue weighted by Crippen LogP contribution is -2.36. The first-order valence-electron chi connectivity index (χ1n) is 8.68. The van der Waals surface area contributed by atoms with Crippen LogP contribution in [-0.2, 0) is 16.1 Å². The second-order valence-electron chi connectivity index (χ2n) is 6.29. The lowest BCUT2D eigenvalue weighted by molar-refractivity contribution is -0.133. The molecule has 8 heteroatoms. The zero-order valence-electron chi connectivity index (χ0n) is 15.3. The van der Waals surface area contributed by atoms with E-state index in [2.05, 4.69) is 26.2 Å². The summed E-state index contributed by atoms with van der Waals surface area (Å²) in [7, 11) is 1.56. The van der Waals surface area contributed by atoms with Crippen LogP contribution in [0.2, 0.25) is 0 Å². The molecule has 144 valence electrons. The number of aryl methyl sites for hydroxylation is 1. The van der Waals surface area contributed by atoms with Gasteiger partial charge in [-0.05, 0) is 40.2 Å². The zero-order chi connectivity index (χ0) is 20.1. The van der Waals surface area contributed by atoms with Gasteiger partial charge in [-0.1, -0.05) is 24.3 Å². The molecule has 0 aliphatic rings. The monoisotopic (exact) mass is 442 g/mol. The molecule has 28 heavy (non-hydrogen) atoms. The van der Waals surface area contributed by atoms with Crippen molar-refractivity contribution in [3.05, 3.63) is 69.7 Å². The summed E-state index contributed by atoms with van der Waals surface area (Å²) in [6, 6.07) is 14.3. The van der Waals surface area contributed by atoms with Gasteiger partial charge in [-0.2, -0.15) is 0 Å². The first kappa shape index (κ1) is 19.8. The fraction of sp³-hybridized carbons (Fsp3) is 0.200. The lowest BCUT2D eigenvalue weighted by Gasteiger charge is -2.17. The number of hydrogen-bond donors (Lipinski definition) is 1. The molecule has 0 saturated carbocycles. The van der Waals surface area contributed by atoms with Gasteiger partial charge >= 0.3 is 0 Å². The molecule has 2 amide bonds. The summed E-state index contributed by atoms with van der Waals surface area (Å²) < 4.78 is 2.18. The molecule has 2 aromatic carbocycles. The molecule has 0 radical (unpaired) electrons. The molecule has 0 spiro atoms. The number of likely N-dealkylation sites (N-methyl/N-ethyl adjacent to an activating group) is 1. The number of fused-ring (bicyclic) bond motifs is 1. The van der Waals surface area contributed by atoms with Crippen LogP contribution in [0.15, 0.2) is 64.1 Å². The van der Waals surface area contributed by atoms with Crippen LogP contribution in [0.4, 0.5) is 5.69 Å². The van der Waals surface area contributed by atoms with Gasteiger partial charge in [0.1, 0.15) is 0 Å². The topological polar surface area (TPSA) is 84.3 Å². The predicted octanol–water partition coefficient (Wildman–Crippen LogP) is 2.65. The van der Waals surface area contributed by atoms with Crippen molar-refractivity contribution in [2.45, 2.75) is 13.0 Å². The van der Waals surface area contributed by atoms with E-state index >= 15 is 0 Å². The van der Waals surface area contributed by atoms with Crippen molar-refractivity contribution in [1.29, 1.82) is 0 Å². The van der Waals surface area contributed by atoms with Crippen LogP contribution < -0.4 is 10.9 Å². The van der Waals surface area contributed by atoms with Crippen molar-refractivity contribution >= 4 is 44.3 Å². The number of rotatable bonds is 6. The van der Waals surface area contributed by atoms with Crippen molar-refractivity contribution in [2.24, 2.45) is 0 Å². The Bertz CT molecular complexity index is 1080. The maximum atomic E-state index is 12.5. The molecule has 1 N–H and O–H groups in total. The molecule has 1 heterocycles. The maximum Gasteiger partial charge on any atom is 0.261 e. The molecule has 0 bridgehead atoms. The van der Waals surface area contributed by atoms with Gasteiger partial charge in [0.05, 0.1) is 29.5 Å². The molecule has 3 rings (SSSR count). The van der Waals surface area contributed by atoms with Crippen LogP contribution in [-0.4, -0.2) is 39.9 Å². The Kier molecular flexibility index (Phi) is 6.20. The molecule has 0 unspecified atom stereocenters. The van der Waals surface area contributed by atoms with Crippen molar-refractivity contribution < 1.29 is 9.59 Å². The molecular weight excluding hydrogens is 424 g/mol. The van der Waals surface area contributed by atoms with E-state index in [1.165, 1.54) is 15.8 Å². The van der Waals surface area contributed by atoms with Gasteiger partial charge in [-0.25, -0.2) is 4.98 Å². The molecule has 0 aliphatic heterocycles. The average molecular weight is 443 g/mol. The van der Waals surface area contributed by atoms with E-state index < -0.39 is 0 Å². The molecule has 0 aliphatic carbocycles. The number of carbonyl (C=O) groups is 2. The summed E-state index contributed by atoms with van der Waals surface area (Å²) in [4.78, 5) is 42.5. The van der Waals surface area contributed by atoms with Gasteiger partial charge in [-0.3, -0.25) is 19.0 Å². The number of aromatic nitrogens is 2. The highest BCUT2D eigenvalue weighted by atomic mass is 79.9.